The molecule has 96 valence electrons. The number of anilines is 2. The molecule has 1 aromatic heterocycles. The van der Waals surface area contributed by atoms with Crippen molar-refractivity contribution in [2.75, 3.05) is 35.7 Å². The van der Waals surface area contributed by atoms with Gasteiger partial charge < -0.3 is 10.6 Å². The molecule has 0 aromatic carbocycles. The van der Waals surface area contributed by atoms with Crippen LogP contribution in [0.15, 0.2) is 0 Å². The first-order chi connectivity index (χ1) is 8.11. The predicted molar refractivity (Wildman–Crippen MR) is 71.0 cm³/mol. The van der Waals surface area contributed by atoms with E-state index in [9.17, 15) is 4.21 Å². The van der Waals surface area contributed by atoms with E-state index in [4.69, 9.17) is 11.6 Å². The van der Waals surface area contributed by atoms with Crippen molar-refractivity contribution in [2.45, 2.75) is 13.3 Å². The van der Waals surface area contributed by atoms with Gasteiger partial charge in [-0.1, -0.05) is 6.92 Å². The fourth-order valence-electron chi connectivity index (χ4n) is 1.05. The largest absolute Gasteiger partial charge is 0.354 e. The van der Waals surface area contributed by atoms with Crippen molar-refractivity contribution in [3.8, 4) is 0 Å². The summed E-state index contributed by atoms with van der Waals surface area (Å²) in [6.07, 6.45) is 2.62. The summed E-state index contributed by atoms with van der Waals surface area (Å²) in [4.78, 5) is 12.0. The normalized spacial score (nSPS) is 12.2. The Hall–Kier alpha value is -0.950. The summed E-state index contributed by atoms with van der Waals surface area (Å²) in [5.74, 6) is 1.39. The summed E-state index contributed by atoms with van der Waals surface area (Å²) in [6, 6.07) is 0. The van der Waals surface area contributed by atoms with E-state index in [0.29, 0.717) is 24.2 Å². The Bertz CT molecular complexity index is 390. The molecule has 17 heavy (non-hydrogen) atoms. The zero-order valence-electron chi connectivity index (χ0n) is 9.86. The van der Waals surface area contributed by atoms with E-state index in [-0.39, 0.29) is 5.28 Å². The first-order valence-corrected chi connectivity index (χ1v) is 7.41. The number of rotatable bonds is 7. The highest BCUT2D eigenvalue weighted by molar-refractivity contribution is 7.84. The Morgan fingerprint density at radius 3 is 2.29 bits per heavy atom. The molecule has 2 N–H and O–H groups in total. The second-order valence-corrected chi connectivity index (χ2v) is 5.28. The molecule has 1 unspecified atom stereocenters. The Balaban J connectivity index is 2.58. The van der Waals surface area contributed by atoms with Crippen LogP contribution in [-0.2, 0) is 10.8 Å². The van der Waals surface area contributed by atoms with E-state index in [1.807, 2.05) is 6.92 Å². The summed E-state index contributed by atoms with van der Waals surface area (Å²) < 4.78 is 10.9. The zero-order chi connectivity index (χ0) is 12.7. The Labute approximate surface area is 108 Å². The summed E-state index contributed by atoms with van der Waals surface area (Å²) in [5.41, 5.74) is 0. The maximum Gasteiger partial charge on any atom is 0.228 e. The standard InChI is InChI=1S/C9H16ClN5OS/c1-3-4-11-8-13-7(10)14-9(15-8)12-5-6-17(2)16/h3-6H2,1-2H3,(H2,11,12,13,14,15). The zero-order valence-corrected chi connectivity index (χ0v) is 11.4. The van der Waals surface area contributed by atoms with Gasteiger partial charge in [-0.05, 0) is 18.0 Å². The van der Waals surface area contributed by atoms with E-state index in [0.717, 1.165) is 13.0 Å². The van der Waals surface area contributed by atoms with Crippen LogP contribution in [0.3, 0.4) is 0 Å². The summed E-state index contributed by atoms with van der Waals surface area (Å²) in [6.45, 7) is 3.36. The van der Waals surface area contributed by atoms with Crippen LogP contribution in [-0.4, -0.2) is 44.3 Å². The molecule has 1 atom stereocenters. The van der Waals surface area contributed by atoms with Gasteiger partial charge in [0.05, 0.1) is 0 Å². The molecule has 6 nitrogen and oxygen atoms in total. The maximum atomic E-state index is 10.9. The van der Waals surface area contributed by atoms with Crippen LogP contribution in [0.1, 0.15) is 13.3 Å². The number of nitrogens with zero attached hydrogens (tertiary/aromatic N) is 3. The Kier molecular flexibility index (Phi) is 6.13. The maximum absolute atomic E-state index is 10.9. The van der Waals surface area contributed by atoms with Crippen LogP contribution in [0.5, 0.6) is 0 Å². The van der Waals surface area contributed by atoms with Crippen molar-refractivity contribution in [2.24, 2.45) is 0 Å². The van der Waals surface area contributed by atoms with Crippen molar-refractivity contribution in [1.29, 1.82) is 0 Å². The average molecular weight is 278 g/mol. The third-order valence-electron chi connectivity index (χ3n) is 1.81. The van der Waals surface area contributed by atoms with Crippen molar-refractivity contribution >= 4 is 34.3 Å². The van der Waals surface area contributed by atoms with Crippen LogP contribution in [0.2, 0.25) is 5.28 Å². The first kappa shape index (κ1) is 14.1. The van der Waals surface area contributed by atoms with Gasteiger partial charge in [0.1, 0.15) is 0 Å². The highest BCUT2D eigenvalue weighted by atomic mass is 35.5. The van der Waals surface area contributed by atoms with E-state index >= 15 is 0 Å². The van der Waals surface area contributed by atoms with E-state index in [1.165, 1.54) is 0 Å². The van der Waals surface area contributed by atoms with Crippen LogP contribution in [0.25, 0.3) is 0 Å². The highest BCUT2D eigenvalue weighted by Crippen LogP contribution is 2.09. The molecule has 0 amide bonds. The van der Waals surface area contributed by atoms with Crippen molar-refractivity contribution in [3.63, 3.8) is 0 Å². The van der Waals surface area contributed by atoms with Gasteiger partial charge in [0, 0.05) is 35.9 Å². The lowest BCUT2D eigenvalue weighted by Gasteiger charge is -2.06. The molecule has 1 heterocycles. The smallest absolute Gasteiger partial charge is 0.228 e. The molecule has 1 rings (SSSR count). The Morgan fingerprint density at radius 2 is 1.76 bits per heavy atom. The van der Waals surface area contributed by atoms with E-state index in [1.54, 1.807) is 6.26 Å². The number of aromatic nitrogens is 3. The van der Waals surface area contributed by atoms with E-state index < -0.39 is 10.8 Å². The molecule has 8 heteroatoms. The van der Waals surface area contributed by atoms with Gasteiger partial charge in [0.2, 0.25) is 17.2 Å². The molecule has 0 saturated carbocycles. The third kappa shape index (κ3) is 5.78. The van der Waals surface area contributed by atoms with Crippen LogP contribution in [0, 0.1) is 0 Å². The van der Waals surface area contributed by atoms with Gasteiger partial charge in [-0.3, -0.25) is 4.21 Å². The molecule has 0 bridgehead atoms. The molecule has 0 spiro atoms. The minimum absolute atomic E-state index is 0.138. The van der Waals surface area contributed by atoms with Crippen molar-refractivity contribution in [3.05, 3.63) is 5.28 Å². The van der Waals surface area contributed by atoms with Gasteiger partial charge >= 0.3 is 0 Å². The molecule has 0 saturated heterocycles. The molecule has 0 aliphatic carbocycles. The molecule has 0 aliphatic heterocycles. The molecular formula is C9H16ClN5OS. The summed E-state index contributed by atoms with van der Waals surface area (Å²) in [7, 11) is -0.837. The second-order valence-electron chi connectivity index (χ2n) is 3.38. The summed E-state index contributed by atoms with van der Waals surface area (Å²) in [5, 5.41) is 6.12. The second kappa shape index (κ2) is 7.39. The minimum atomic E-state index is -0.837. The Morgan fingerprint density at radius 1 is 1.18 bits per heavy atom. The number of hydrogen-bond donors (Lipinski definition) is 2. The highest BCUT2D eigenvalue weighted by Gasteiger charge is 2.04. The number of halogens is 1. The van der Waals surface area contributed by atoms with Gasteiger partial charge in [0.15, 0.2) is 0 Å². The first-order valence-electron chi connectivity index (χ1n) is 5.31. The lowest BCUT2D eigenvalue weighted by Crippen LogP contribution is -2.14. The lowest BCUT2D eigenvalue weighted by atomic mass is 10.5. The molecule has 0 aliphatic rings. The number of nitrogens with one attached hydrogen (secondary N) is 2. The fourth-order valence-corrected chi connectivity index (χ4v) is 1.60. The predicted octanol–water partition coefficient (Wildman–Crippen LogP) is 1.14. The summed E-state index contributed by atoms with van der Waals surface area (Å²) >= 11 is 5.77. The molecule has 0 fully saturated rings. The average Bonchev–Trinajstić information content (AvgIpc) is 2.25. The number of hydrogen-bond acceptors (Lipinski definition) is 6. The van der Waals surface area contributed by atoms with Gasteiger partial charge in [-0.15, -0.1) is 0 Å². The molecule has 1 aromatic rings. The monoisotopic (exact) mass is 277 g/mol. The van der Waals surface area contributed by atoms with Gasteiger partial charge in [0.25, 0.3) is 0 Å². The molecular weight excluding hydrogens is 262 g/mol. The quantitative estimate of drug-likeness (QED) is 0.778. The van der Waals surface area contributed by atoms with Crippen molar-refractivity contribution < 1.29 is 4.21 Å². The molecule has 0 radical (unpaired) electrons. The van der Waals surface area contributed by atoms with Crippen molar-refractivity contribution in [1.82, 2.24) is 15.0 Å². The fraction of sp³-hybridized carbons (Fsp3) is 0.667. The minimum Gasteiger partial charge on any atom is -0.354 e. The van der Waals surface area contributed by atoms with E-state index in [2.05, 4.69) is 25.6 Å². The topological polar surface area (TPSA) is 79.8 Å². The lowest BCUT2D eigenvalue weighted by molar-refractivity contribution is 0.687. The van der Waals surface area contributed by atoms with Gasteiger partial charge in [-0.25, -0.2) is 0 Å². The third-order valence-corrected chi connectivity index (χ3v) is 2.76. The SMILES string of the molecule is CCCNc1nc(Cl)nc(NCCS(C)=O)n1. The van der Waals surface area contributed by atoms with Crippen LogP contribution < -0.4 is 10.6 Å². The van der Waals surface area contributed by atoms with Crippen LogP contribution >= 0.6 is 11.6 Å². The van der Waals surface area contributed by atoms with Crippen LogP contribution in [0.4, 0.5) is 11.9 Å². The van der Waals surface area contributed by atoms with Gasteiger partial charge in [-0.2, -0.15) is 15.0 Å².